The fraction of sp³-hybridized carbons (Fsp3) is 0.368. The molecule has 0 amide bonds. The molecular formula is C19H22F2N2O3S. The summed E-state index contributed by atoms with van der Waals surface area (Å²) in [5, 5.41) is 12.0. The Balaban J connectivity index is 2.04. The molecule has 8 heteroatoms. The van der Waals surface area contributed by atoms with Crippen LogP contribution >= 0.6 is 0 Å². The van der Waals surface area contributed by atoms with Gasteiger partial charge >= 0.3 is 0 Å². The van der Waals surface area contributed by atoms with Crippen LogP contribution in [-0.4, -0.2) is 47.3 Å². The van der Waals surface area contributed by atoms with E-state index in [0.29, 0.717) is 11.0 Å². The summed E-state index contributed by atoms with van der Waals surface area (Å²) in [5.74, 6) is -0.886. The van der Waals surface area contributed by atoms with Gasteiger partial charge < -0.3 is 9.67 Å². The Morgan fingerprint density at radius 3 is 1.93 bits per heavy atom. The molecule has 1 N–H and O–H groups in total. The molecule has 0 aliphatic rings. The SMILES string of the molecule is CC(C)N(CC(O)Cn1c2cc(F)ccc2c2ccc(F)cc21)S(C)(=O)=O. The van der Waals surface area contributed by atoms with Gasteiger partial charge in [0.05, 0.1) is 29.9 Å². The summed E-state index contributed by atoms with van der Waals surface area (Å²) in [7, 11) is -3.49. The molecule has 2 aromatic carbocycles. The number of rotatable bonds is 6. The number of hydrogen-bond acceptors (Lipinski definition) is 3. The van der Waals surface area contributed by atoms with E-state index in [1.54, 1.807) is 30.5 Å². The van der Waals surface area contributed by atoms with Crippen LogP contribution in [0.5, 0.6) is 0 Å². The molecule has 1 aromatic heterocycles. The Morgan fingerprint density at radius 2 is 1.52 bits per heavy atom. The number of halogens is 2. The molecule has 0 aliphatic carbocycles. The highest BCUT2D eigenvalue weighted by Crippen LogP contribution is 2.30. The Kier molecular flexibility index (Phi) is 5.24. The fourth-order valence-electron chi connectivity index (χ4n) is 3.44. The third-order valence-electron chi connectivity index (χ3n) is 4.58. The summed E-state index contributed by atoms with van der Waals surface area (Å²) in [4.78, 5) is 0. The van der Waals surface area contributed by atoms with Crippen molar-refractivity contribution in [2.24, 2.45) is 0 Å². The van der Waals surface area contributed by atoms with Crippen LogP contribution in [0, 0.1) is 11.6 Å². The normalized spacial score (nSPS) is 13.9. The first-order valence-corrected chi connectivity index (χ1v) is 10.4. The molecule has 0 bridgehead atoms. The minimum atomic E-state index is -3.49. The third-order valence-corrected chi connectivity index (χ3v) is 6.00. The molecule has 5 nitrogen and oxygen atoms in total. The highest BCUT2D eigenvalue weighted by molar-refractivity contribution is 7.88. The number of aromatic nitrogens is 1. The maximum Gasteiger partial charge on any atom is 0.211 e. The monoisotopic (exact) mass is 396 g/mol. The van der Waals surface area contributed by atoms with Gasteiger partial charge in [-0.25, -0.2) is 17.2 Å². The molecular weight excluding hydrogens is 374 g/mol. The van der Waals surface area contributed by atoms with Crippen molar-refractivity contribution in [1.82, 2.24) is 8.87 Å². The number of aliphatic hydroxyl groups is 1. The van der Waals surface area contributed by atoms with Crippen LogP contribution in [0.1, 0.15) is 13.8 Å². The van der Waals surface area contributed by atoms with E-state index in [2.05, 4.69) is 0 Å². The Labute approximate surface area is 156 Å². The number of hydrogen-bond donors (Lipinski definition) is 1. The van der Waals surface area contributed by atoms with E-state index < -0.39 is 27.8 Å². The van der Waals surface area contributed by atoms with Crippen LogP contribution in [-0.2, 0) is 16.6 Å². The molecule has 1 heterocycles. The quantitative estimate of drug-likeness (QED) is 0.696. The predicted molar refractivity (Wildman–Crippen MR) is 102 cm³/mol. The number of fused-ring (bicyclic) bond motifs is 3. The van der Waals surface area contributed by atoms with Crippen molar-refractivity contribution >= 4 is 31.8 Å². The molecule has 3 rings (SSSR count). The molecule has 146 valence electrons. The van der Waals surface area contributed by atoms with Gasteiger partial charge in [0.2, 0.25) is 10.0 Å². The predicted octanol–water partition coefficient (Wildman–Crippen LogP) is 3.10. The van der Waals surface area contributed by atoms with Crippen LogP contribution in [0.15, 0.2) is 36.4 Å². The van der Waals surface area contributed by atoms with E-state index in [-0.39, 0.29) is 19.1 Å². The van der Waals surface area contributed by atoms with Gasteiger partial charge in [0.25, 0.3) is 0 Å². The van der Waals surface area contributed by atoms with E-state index >= 15 is 0 Å². The largest absolute Gasteiger partial charge is 0.390 e. The second-order valence-electron chi connectivity index (χ2n) is 7.01. The minimum absolute atomic E-state index is 0.00560. The second kappa shape index (κ2) is 7.18. The molecule has 1 unspecified atom stereocenters. The lowest BCUT2D eigenvalue weighted by Gasteiger charge is -2.26. The Morgan fingerprint density at radius 1 is 1.04 bits per heavy atom. The van der Waals surface area contributed by atoms with E-state index in [9.17, 15) is 22.3 Å². The van der Waals surface area contributed by atoms with E-state index in [1.165, 1.54) is 28.6 Å². The topological polar surface area (TPSA) is 62.5 Å². The number of nitrogens with zero attached hydrogens (tertiary/aromatic N) is 2. The van der Waals surface area contributed by atoms with Crippen molar-refractivity contribution in [3.63, 3.8) is 0 Å². The number of benzene rings is 2. The standard InChI is InChI=1S/C19H22F2N2O3S/c1-12(2)23(27(3,25)26)11-15(24)10-22-18-8-13(20)4-6-16(18)17-7-5-14(21)9-19(17)22/h4-9,12,15,24H,10-11H2,1-3H3. The highest BCUT2D eigenvalue weighted by Gasteiger charge is 2.24. The lowest BCUT2D eigenvalue weighted by molar-refractivity contribution is 0.122. The summed E-state index contributed by atoms with van der Waals surface area (Å²) in [6, 6.07) is 8.23. The Hall–Kier alpha value is -2.03. The lowest BCUT2D eigenvalue weighted by atomic mass is 10.1. The molecule has 0 saturated heterocycles. The van der Waals surface area contributed by atoms with Gasteiger partial charge in [-0.15, -0.1) is 0 Å². The number of aliphatic hydroxyl groups excluding tert-OH is 1. The maximum atomic E-state index is 13.8. The molecule has 3 aromatic rings. The van der Waals surface area contributed by atoms with Crippen molar-refractivity contribution in [2.75, 3.05) is 12.8 Å². The van der Waals surface area contributed by atoms with Crippen molar-refractivity contribution in [1.29, 1.82) is 0 Å². The maximum absolute atomic E-state index is 13.8. The molecule has 0 spiro atoms. The lowest BCUT2D eigenvalue weighted by Crippen LogP contribution is -2.42. The molecule has 1 atom stereocenters. The fourth-order valence-corrected chi connectivity index (χ4v) is 4.65. The van der Waals surface area contributed by atoms with Crippen molar-refractivity contribution in [2.45, 2.75) is 32.5 Å². The second-order valence-corrected chi connectivity index (χ2v) is 8.95. The van der Waals surface area contributed by atoms with E-state index in [1.807, 2.05) is 0 Å². The zero-order chi connectivity index (χ0) is 19.9. The molecule has 0 fully saturated rings. The van der Waals surface area contributed by atoms with Crippen LogP contribution in [0.4, 0.5) is 8.78 Å². The minimum Gasteiger partial charge on any atom is -0.390 e. The van der Waals surface area contributed by atoms with Crippen molar-refractivity contribution in [3.8, 4) is 0 Å². The summed E-state index contributed by atoms with van der Waals surface area (Å²) < 4.78 is 54.3. The van der Waals surface area contributed by atoms with Crippen molar-refractivity contribution in [3.05, 3.63) is 48.0 Å². The third kappa shape index (κ3) is 3.97. The van der Waals surface area contributed by atoms with Gasteiger partial charge in [0.1, 0.15) is 11.6 Å². The highest BCUT2D eigenvalue weighted by atomic mass is 32.2. The van der Waals surface area contributed by atoms with Gasteiger partial charge in [-0.05, 0) is 50.2 Å². The van der Waals surface area contributed by atoms with Gasteiger partial charge in [-0.3, -0.25) is 0 Å². The Bertz CT molecular complexity index is 1030. The van der Waals surface area contributed by atoms with Gasteiger partial charge in [-0.1, -0.05) is 0 Å². The van der Waals surface area contributed by atoms with Crippen LogP contribution in [0.3, 0.4) is 0 Å². The van der Waals surface area contributed by atoms with E-state index in [4.69, 9.17) is 0 Å². The van der Waals surface area contributed by atoms with Crippen LogP contribution < -0.4 is 0 Å². The molecule has 0 saturated carbocycles. The number of sulfonamides is 1. The summed E-state index contributed by atoms with van der Waals surface area (Å²) in [6.45, 7) is 3.34. The zero-order valence-corrected chi connectivity index (χ0v) is 16.2. The first-order valence-electron chi connectivity index (χ1n) is 8.60. The van der Waals surface area contributed by atoms with Gasteiger partial charge in [0, 0.05) is 23.4 Å². The molecule has 27 heavy (non-hydrogen) atoms. The van der Waals surface area contributed by atoms with Crippen LogP contribution in [0.25, 0.3) is 21.8 Å². The zero-order valence-electron chi connectivity index (χ0n) is 15.4. The summed E-state index contributed by atoms with van der Waals surface area (Å²) >= 11 is 0. The average molecular weight is 396 g/mol. The van der Waals surface area contributed by atoms with Gasteiger partial charge in [0.15, 0.2) is 0 Å². The van der Waals surface area contributed by atoms with E-state index in [0.717, 1.165) is 17.0 Å². The smallest absolute Gasteiger partial charge is 0.211 e. The summed E-state index contributed by atoms with van der Waals surface area (Å²) in [5.41, 5.74) is 1.04. The van der Waals surface area contributed by atoms with Gasteiger partial charge in [-0.2, -0.15) is 4.31 Å². The van der Waals surface area contributed by atoms with Crippen LogP contribution in [0.2, 0.25) is 0 Å². The summed E-state index contributed by atoms with van der Waals surface area (Å²) in [6.07, 6.45) is 0.0396. The first-order chi connectivity index (χ1) is 12.6. The molecule has 0 radical (unpaired) electrons. The molecule has 0 aliphatic heterocycles. The first kappa shape index (κ1) is 19.7. The van der Waals surface area contributed by atoms with Crippen molar-refractivity contribution < 1.29 is 22.3 Å². The average Bonchev–Trinajstić information content (AvgIpc) is 2.84.